The van der Waals surface area contributed by atoms with Gasteiger partial charge in [-0.3, -0.25) is 4.98 Å². The fourth-order valence-electron chi connectivity index (χ4n) is 2.17. The Morgan fingerprint density at radius 1 is 1.00 bits per heavy atom. The fourth-order valence-corrected chi connectivity index (χ4v) is 2.17. The summed E-state index contributed by atoms with van der Waals surface area (Å²) in [6.07, 6.45) is 1.71. The standard InChI is InChI=1S/C17H15NO3/c1-20-17-10-12(11-19)6-7-16(17)21-15-8-9-18-14-5-3-2-4-13(14)15/h2-10,19H,11H2,1H3. The van der Waals surface area contributed by atoms with Crippen molar-refractivity contribution in [3.63, 3.8) is 0 Å². The topological polar surface area (TPSA) is 51.6 Å². The smallest absolute Gasteiger partial charge is 0.169 e. The van der Waals surface area contributed by atoms with E-state index < -0.39 is 0 Å². The van der Waals surface area contributed by atoms with Gasteiger partial charge in [0, 0.05) is 11.6 Å². The number of para-hydroxylation sites is 1. The molecule has 1 aromatic heterocycles. The van der Waals surface area contributed by atoms with Gasteiger partial charge in [-0.05, 0) is 35.9 Å². The second-order valence-corrected chi connectivity index (χ2v) is 4.57. The van der Waals surface area contributed by atoms with Crippen LogP contribution in [0.15, 0.2) is 54.7 Å². The number of aliphatic hydroxyl groups excluding tert-OH is 1. The Labute approximate surface area is 122 Å². The maximum absolute atomic E-state index is 9.17. The van der Waals surface area contributed by atoms with Gasteiger partial charge in [0.05, 0.1) is 19.2 Å². The summed E-state index contributed by atoms with van der Waals surface area (Å²) in [6, 6.07) is 15.0. The third kappa shape index (κ3) is 2.66. The minimum Gasteiger partial charge on any atom is -0.493 e. The van der Waals surface area contributed by atoms with Gasteiger partial charge in [-0.25, -0.2) is 0 Å². The van der Waals surface area contributed by atoms with Crippen LogP contribution in [0.5, 0.6) is 17.2 Å². The van der Waals surface area contributed by atoms with Crippen LogP contribution in [0.25, 0.3) is 10.9 Å². The van der Waals surface area contributed by atoms with Gasteiger partial charge in [-0.2, -0.15) is 0 Å². The SMILES string of the molecule is COc1cc(CO)ccc1Oc1ccnc2ccccc12. The second-order valence-electron chi connectivity index (χ2n) is 4.57. The zero-order valence-electron chi connectivity index (χ0n) is 11.6. The lowest BCUT2D eigenvalue weighted by Gasteiger charge is -2.12. The number of methoxy groups -OCH3 is 1. The molecule has 3 aromatic rings. The fraction of sp³-hybridized carbons (Fsp3) is 0.118. The van der Waals surface area contributed by atoms with Gasteiger partial charge in [0.2, 0.25) is 0 Å². The molecule has 0 aliphatic rings. The van der Waals surface area contributed by atoms with Crippen molar-refractivity contribution in [2.24, 2.45) is 0 Å². The van der Waals surface area contributed by atoms with Gasteiger partial charge in [-0.15, -0.1) is 0 Å². The molecule has 106 valence electrons. The second kappa shape index (κ2) is 5.81. The molecule has 0 fully saturated rings. The molecule has 0 aliphatic carbocycles. The monoisotopic (exact) mass is 281 g/mol. The molecule has 0 radical (unpaired) electrons. The Balaban J connectivity index is 2.02. The number of aromatic nitrogens is 1. The van der Waals surface area contributed by atoms with Gasteiger partial charge in [-0.1, -0.05) is 18.2 Å². The summed E-state index contributed by atoms with van der Waals surface area (Å²) in [6.45, 7) is -0.0329. The normalized spacial score (nSPS) is 10.6. The Morgan fingerprint density at radius 2 is 1.86 bits per heavy atom. The van der Waals surface area contributed by atoms with E-state index in [0.717, 1.165) is 22.2 Å². The molecule has 4 heteroatoms. The van der Waals surface area contributed by atoms with E-state index in [2.05, 4.69) is 4.98 Å². The van der Waals surface area contributed by atoms with E-state index in [9.17, 15) is 5.11 Å². The van der Waals surface area contributed by atoms with Crippen LogP contribution >= 0.6 is 0 Å². The molecule has 1 N–H and O–H groups in total. The first-order valence-electron chi connectivity index (χ1n) is 6.61. The largest absolute Gasteiger partial charge is 0.493 e. The first kappa shape index (κ1) is 13.4. The Hall–Kier alpha value is -2.59. The molecular weight excluding hydrogens is 266 g/mol. The summed E-state index contributed by atoms with van der Waals surface area (Å²) >= 11 is 0. The van der Waals surface area contributed by atoms with E-state index in [4.69, 9.17) is 9.47 Å². The number of benzene rings is 2. The van der Waals surface area contributed by atoms with Crippen molar-refractivity contribution < 1.29 is 14.6 Å². The Bertz CT molecular complexity index is 766. The summed E-state index contributed by atoms with van der Waals surface area (Å²) in [4.78, 5) is 4.31. The molecule has 0 aliphatic heterocycles. The van der Waals surface area contributed by atoms with Crippen molar-refractivity contribution in [1.82, 2.24) is 4.98 Å². The molecule has 0 saturated heterocycles. The molecule has 4 nitrogen and oxygen atoms in total. The summed E-state index contributed by atoms with van der Waals surface area (Å²) < 4.78 is 11.3. The molecule has 2 aromatic carbocycles. The molecule has 3 rings (SSSR count). The minimum absolute atomic E-state index is 0.0329. The lowest BCUT2D eigenvalue weighted by molar-refractivity contribution is 0.280. The summed E-state index contributed by atoms with van der Waals surface area (Å²) in [5.74, 6) is 1.91. The van der Waals surface area contributed by atoms with Crippen molar-refractivity contribution in [3.8, 4) is 17.2 Å². The molecule has 1 heterocycles. The molecule has 0 saturated carbocycles. The van der Waals surface area contributed by atoms with Crippen molar-refractivity contribution in [2.45, 2.75) is 6.61 Å². The molecule has 0 bridgehead atoms. The number of ether oxygens (including phenoxy) is 2. The molecule has 0 unspecified atom stereocenters. The zero-order chi connectivity index (χ0) is 14.7. The summed E-state index contributed by atoms with van der Waals surface area (Å²) in [5, 5.41) is 10.1. The van der Waals surface area contributed by atoms with Crippen LogP contribution in [-0.4, -0.2) is 17.2 Å². The zero-order valence-corrected chi connectivity index (χ0v) is 11.6. The van der Waals surface area contributed by atoms with E-state index >= 15 is 0 Å². The molecule has 0 amide bonds. The minimum atomic E-state index is -0.0329. The van der Waals surface area contributed by atoms with Crippen molar-refractivity contribution in [3.05, 3.63) is 60.3 Å². The van der Waals surface area contributed by atoms with Gasteiger partial charge in [0.25, 0.3) is 0 Å². The first-order valence-corrected chi connectivity index (χ1v) is 6.61. The highest BCUT2D eigenvalue weighted by Gasteiger charge is 2.09. The lowest BCUT2D eigenvalue weighted by Crippen LogP contribution is -1.93. The van der Waals surface area contributed by atoms with E-state index in [1.165, 1.54) is 0 Å². The van der Waals surface area contributed by atoms with E-state index in [1.54, 1.807) is 31.5 Å². The number of hydrogen-bond donors (Lipinski definition) is 1. The predicted molar refractivity (Wildman–Crippen MR) is 80.7 cm³/mol. The number of fused-ring (bicyclic) bond motifs is 1. The van der Waals surface area contributed by atoms with Crippen LogP contribution in [0.1, 0.15) is 5.56 Å². The van der Waals surface area contributed by atoms with Gasteiger partial charge in [0.1, 0.15) is 5.75 Å². The van der Waals surface area contributed by atoms with E-state index in [0.29, 0.717) is 11.5 Å². The van der Waals surface area contributed by atoms with Crippen LogP contribution in [0, 0.1) is 0 Å². The number of nitrogens with zero attached hydrogens (tertiary/aromatic N) is 1. The maximum atomic E-state index is 9.17. The van der Waals surface area contributed by atoms with Crippen LogP contribution in [-0.2, 0) is 6.61 Å². The maximum Gasteiger partial charge on any atom is 0.169 e. The first-order chi connectivity index (χ1) is 10.3. The summed E-state index contributed by atoms with van der Waals surface area (Å²) in [5.41, 5.74) is 1.65. The number of hydrogen-bond acceptors (Lipinski definition) is 4. The molecule has 0 spiro atoms. The van der Waals surface area contributed by atoms with Gasteiger partial charge in [0.15, 0.2) is 11.5 Å². The van der Waals surface area contributed by atoms with Crippen LogP contribution < -0.4 is 9.47 Å². The van der Waals surface area contributed by atoms with Crippen LogP contribution in [0.2, 0.25) is 0 Å². The highest BCUT2D eigenvalue weighted by atomic mass is 16.5. The molecule has 0 atom stereocenters. The summed E-state index contributed by atoms with van der Waals surface area (Å²) in [7, 11) is 1.58. The Morgan fingerprint density at radius 3 is 2.67 bits per heavy atom. The highest BCUT2D eigenvalue weighted by Crippen LogP contribution is 2.35. The predicted octanol–water partition coefficient (Wildman–Crippen LogP) is 3.53. The Kier molecular flexibility index (Phi) is 3.71. The van der Waals surface area contributed by atoms with Crippen LogP contribution in [0.4, 0.5) is 0 Å². The van der Waals surface area contributed by atoms with E-state index in [1.807, 2.05) is 30.3 Å². The lowest BCUT2D eigenvalue weighted by atomic mass is 10.2. The average molecular weight is 281 g/mol. The van der Waals surface area contributed by atoms with E-state index in [-0.39, 0.29) is 6.61 Å². The van der Waals surface area contributed by atoms with Crippen molar-refractivity contribution in [2.75, 3.05) is 7.11 Å². The van der Waals surface area contributed by atoms with Crippen molar-refractivity contribution in [1.29, 1.82) is 0 Å². The number of pyridine rings is 1. The van der Waals surface area contributed by atoms with Crippen LogP contribution in [0.3, 0.4) is 0 Å². The molecular formula is C17H15NO3. The highest BCUT2D eigenvalue weighted by molar-refractivity contribution is 5.85. The average Bonchev–Trinajstić information content (AvgIpc) is 2.55. The third-order valence-electron chi connectivity index (χ3n) is 3.24. The number of rotatable bonds is 4. The molecule has 21 heavy (non-hydrogen) atoms. The van der Waals surface area contributed by atoms with Gasteiger partial charge < -0.3 is 14.6 Å². The van der Waals surface area contributed by atoms with Crippen molar-refractivity contribution >= 4 is 10.9 Å². The number of aliphatic hydroxyl groups is 1. The third-order valence-corrected chi connectivity index (χ3v) is 3.24. The quantitative estimate of drug-likeness (QED) is 0.795. The van der Waals surface area contributed by atoms with Gasteiger partial charge >= 0.3 is 0 Å².